The Labute approximate surface area is 156 Å². The average molecular weight is 356 g/mol. The van der Waals surface area contributed by atoms with Crippen molar-refractivity contribution in [1.29, 1.82) is 0 Å². The molecule has 1 aromatic carbocycles. The summed E-state index contributed by atoms with van der Waals surface area (Å²) in [5, 5.41) is 16.9. The van der Waals surface area contributed by atoms with Crippen molar-refractivity contribution in [3.05, 3.63) is 54.1 Å². The maximum atomic E-state index is 4.95. The Morgan fingerprint density at radius 1 is 1.07 bits per heavy atom. The van der Waals surface area contributed by atoms with E-state index >= 15 is 0 Å². The van der Waals surface area contributed by atoms with Crippen molar-refractivity contribution in [2.45, 2.75) is 31.2 Å². The van der Waals surface area contributed by atoms with Gasteiger partial charge in [0.25, 0.3) is 0 Å². The highest BCUT2D eigenvalue weighted by Crippen LogP contribution is 2.64. The Balaban J connectivity index is 1.44. The van der Waals surface area contributed by atoms with Gasteiger partial charge in [-0.2, -0.15) is 10.2 Å². The first-order valence-electron chi connectivity index (χ1n) is 9.89. The molecule has 27 heavy (non-hydrogen) atoms. The molecule has 1 aliphatic heterocycles. The minimum absolute atomic E-state index is 0.266. The predicted octanol–water partition coefficient (Wildman–Crippen LogP) is 3.90. The third kappa shape index (κ3) is 1.78. The normalized spacial score (nSPS) is 31.2. The van der Waals surface area contributed by atoms with Gasteiger partial charge in [0.1, 0.15) is 0 Å². The Bertz CT molecular complexity index is 1190. The van der Waals surface area contributed by atoms with Crippen molar-refractivity contribution < 1.29 is 0 Å². The predicted molar refractivity (Wildman–Crippen MR) is 103 cm³/mol. The summed E-state index contributed by atoms with van der Waals surface area (Å²) in [6.45, 7) is 0. The van der Waals surface area contributed by atoms with Crippen LogP contribution in [-0.2, 0) is 0 Å². The van der Waals surface area contributed by atoms with Gasteiger partial charge in [0, 0.05) is 23.3 Å². The van der Waals surface area contributed by atoms with E-state index < -0.39 is 0 Å². The zero-order valence-electron chi connectivity index (χ0n) is 14.8. The van der Waals surface area contributed by atoms with Crippen LogP contribution in [0.4, 0.5) is 5.69 Å². The maximum Gasteiger partial charge on any atom is 0.155 e. The van der Waals surface area contributed by atoms with Crippen LogP contribution < -0.4 is 5.32 Å². The number of aromatic amines is 1. The number of benzene rings is 1. The lowest BCUT2D eigenvalue weighted by Gasteiger charge is -2.43. The van der Waals surface area contributed by atoms with Crippen molar-refractivity contribution in [2.24, 2.45) is 17.8 Å². The topological polar surface area (TPSA) is 70.9 Å². The van der Waals surface area contributed by atoms with Crippen molar-refractivity contribution in [2.75, 3.05) is 5.32 Å². The van der Waals surface area contributed by atoms with E-state index in [2.05, 4.69) is 38.8 Å². The molecule has 2 aliphatic carbocycles. The summed E-state index contributed by atoms with van der Waals surface area (Å²) in [5.41, 5.74) is 5.96. The molecule has 2 fully saturated rings. The van der Waals surface area contributed by atoms with Crippen LogP contribution in [0.15, 0.2) is 42.9 Å². The van der Waals surface area contributed by atoms with Crippen molar-refractivity contribution in [3.63, 3.8) is 0 Å². The molecule has 5 unspecified atom stereocenters. The number of nitrogens with one attached hydrogen (secondary N) is 2. The summed E-state index contributed by atoms with van der Waals surface area (Å²) in [5.74, 6) is 2.79. The summed E-state index contributed by atoms with van der Waals surface area (Å²) in [7, 11) is 0. The fraction of sp³-hybridized carbons (Fsp3) is 0.381. The molecule has 4 aromatic rings. The smallest absolute Gasteiger partial charge is 0.155 e. The Hall–Kier alpha value is -2.89. The van der Waals surface area contributed by atoms with E-state index in [4.69, 9.17) is 4.98 Å². The zero-order chi connectivity index (χ0) is 17.5. The molecule has 6 heteroatoms. The molecule has 0 amide bonds. The number of hydrogen-bond acceptors (Lipinski definition) is 4. The van der Waals surface area contributed by atoms with Crippen LogP contribution in [-0.4, -0.2) is 24.8 Å². The molecule has 7 rings (SSSR count). The number of aromatic nitrogens is 5. The van der Waals surface area contributed by atoms with Gasteiger partial charge in [-0.15, -0.1) is 0 Å². The number of H-pyrrole nitrogens is 1. The minimum Gasteiger partial charge on any atom is -0.376 e. The molecule has 2 N–H and O–H groups in total. The molecule has 3 aliphatic rings. The SMILES string of the molecule is c1cc2nc(C3Nc4ccc5[nH]ncc5c4C4C5CCC(C5)C34)ccn2n1. The molecule has 134 valence electrons. The monoisotopic (exact) mass is 356 g/mol. The Kier molecular flexibility index (Phi) is 2.57. The van der Waals surface area contributed by atoms with E-state index in [9.17, 15) is 0 Å². The van der Waals surface area contributed by atoms with Crippen LogP contribution in [0.3, 0.4) is 0 Å². The zero-order valence-corrected chi connectivity index (χ0v) is 14.8. The second-order valence-electron chi connectivity index (χ2n) is 8.40. The third-order valence-corrected chi connectivity index (χ3v) is 7.27. The van der Waals surface area contributed by atoms with Crippen LogP contribution in [0, 0.1) is 17.8 Å². The molecule has 0 spiro atoms. The Morgan fingerprint density at radius 2 is 2.04 bits per heavy atom. The van der Waals surface area contributed by atoms with Crippen LogP contribution in [0.2, 0.25) is 0 Å². The number of rotatable bonds is 1. The van der Waals surface area contributed by atoms with Crippen LogP contribution in [0.5, 0.6) is 0 Å². The van der Waals surface area contributed by atoms with Gasteiger partial charge in [0.2, 0.25) is 0 Å². The highest BCUT2D eigenvalue weighted by molar-refractivity contribution is 5.88. The number of hydrogen-bond donors (Lipinski definition) is 2. The summed E-state index contributed by atoms with van der Waals surface area (Å²) >= 11 is 0. The second kappa shape index (κ2) is 4.88. The van der Waals surface area contributed by atoms with E-state index in [0.717, 1.165) is 28.7 Å². The van der Waals surface area contributed by atoms with Crippen LogP contribution in [0.25, 0.3) is 16.6 Å². The standard InChI is InChI=1S/C21H20N6/c1-2-12-9-11(1)18-19(12)21(16-6-8-27-17(24-16)5-7-23-27)25-15-4-3-14-13(20(15)18)10-22-26-14/h3-8,10-12,18-19,21,25H,1-2,9H2,(H,22,26). The van der Waals surface area contributed by atoms with Gasteiger partial charge in [0.15, 0.2) is 5.65 Å². The summed E-state index contributed by atoms with van der Waals surface area (Å²) < 4.78 is 1.84. The molecule has 2 saturated carbocycles. The summed E-state index contributed by atoms with van der Waals surface area (Å²) in [4.78, 5) is 4.95. The fourth-order valence-electron chi connectivity index (χ4n) is 6.30. The van der Waals surface area contributed by atoms with Crippen LogP contribution in [0.1, 0.15) is 42.5 Å². The lowest BCUT2D eigenvalue weighted by Crippen LogP contribution is -2.36. The van der Waals surface area contributed by atoms with Crippen molar-refractivity contribution >= 4 is 22.2 Å². The maximum absolute atomic E-state index is 4.95. The number of fused-ring (bicyclic) bond motifs is 10. The first-order valence-corrected chi connectivity index (χ1v) is 9.89. The molecule has 0 radical (unpaired) electrons. The average Bonchev–Trinajstić information content (AvgIpc) is 3.49. The van der Waals surface area contributed by atoms with E-state index in [-0.39, 0.29) is 6.04 Å². The molecule has 0 saturated heterocycles. The second-order valence-corrected chi connectivity index (χ2v) is 8.40. The largest absolute Gasteiger partial charge is 0.376 e. The summed E-state index contributed by atoms with van der Waals surface area (Å²) in [6, 6.07) is 8.76. The van der Waals surface area contributed by atoms with E-state index in [1.54, 1.807) is 0 Å². The van der Waals surface area contributed by atoms with Gasteiger partial charge in [-0.1, -0.05) is 0 Å². The van der Waals surface area contributed by atoms with Gasteiger partial charge < -0.3 is 5.32 Å². The van der Waals surface area contributed by atoms with Gasteiger partial charge >= 0.3 is 0 Å². The quantitative estimate of drug-likeness (QED) is 0.543. The highest BCUT2D eigenvalue weighted by Gasteiger charge is 2.54. The fourth-order valence-corrected chi connectivity index (χ4v) is 6.30. The molecule has 6 nitrogen and oxygen atoms in total. The molecule has 5 atom stereocenters. The number of nitrogens with zero attached hydrogens (tertiary/aromatic N) is 4. The molecule has 4 heterocycles. The number of anilines is 1. The van der Waals surface area contributed by atoms with Crippen molar-refractivity contribution in [3.8, 4) is 0 Å². The summed E-state index contributed by atoms with van der Waals surface area (Å²) in [6.07, 6.45) is 9.94. The van der Waals surface area contributed by atoms with E-state index in [1.165, 1.54) is 35.9 Å². The highest BCUT2D eigenvalue weighted by atomic mass is 15.2. The van der Waals surface area contributed by atoms with Gasteiger partial charge in [-0.05, 0) is 66.7 Å². The Morgan fingerprint density at radius 3 is 3.04 bits per heavy atom. The molecular weight excluding hydrogens is 336 g/mol. The van der Waals surface area contributed by atoms with Gasteiger partial charge in [0.05, 0.1) is 29.6 Å². The minimum atomic E-state index is 0.266. The third-order valence-electron chi connectivity index (χ3n) is 7.27. The first-order chi connectivity index (χ1) is 13.4. The van der Waals surface area contributed by atoms with Gasteiger partial charge in [-0.25, -0.2) is 9.50 Å². The van der Waals surface area contributed by atoms with E-state index in [0.29, 0.717) is 11.8 Å². The van der Waals surface area contributed by atoms with E-state index in [1.807, 2.05) is 29.2 Å². The van der Waals surface area contributed by atoms with Crippen molar-refractivity contribution in [1.82, 2.24) is 24.8 Å². The van der Waals surface area contributed by atoms with Gasteiger partial charge in [-0.3, -0.25) is 5.10 Å². The lowest BCUT2D eigenvalue weighted by atomic mass is 9.68. The lowest BCUT2D eigenvalue weighted by molar-refractivity contribution is 0.246. The molecule has 3 aromatic heterocycles. The molecular formula is C21H20N6. The first kappa shape index (κ1) is 14.2. The van der Waals surface area contributed by atoms with Crippen LogP contribution >= 0.6 is 0 Å². The molecule has 2 bridgehead atoms.